The molecule has 4 heterocycles. The minimum Gasteiger partial charge on any atom is -0.454 e. The van der Waals surface area contributed by atoms with Crippen molar-refractivity contribution in [3.63, 3.8) is 0 Å². The molecule has 7 rings (SSSR count). The summed E-state index contributed by atoms with van der Waals surface area (Å²) in [5.74, 6) is 2.38. The molecule has 0 unspecified atom stereocenters. The molecule has 2 aromatic rings. The van der Waals surface area contributed by atoms with Gasteiger partial charge in [0.2, 0.25) is 0 Å². The summed E-state index contributed by atoms with van der Waals surface area (Å²) in [5.41, 5.74) is 3.39. The third kappa shape index (κ3) is 3.89. The summed E-state index contributed by atoms with van der Waals surface area (Å²) in [6, 6.07) is 12.5. The Morgan fingerprint density at radius 2 is 1.75 bits per heavy atom. The van der Waals surface area contributed by atoms with Crippen LogP contribution in [0.4, 0.5) is 0 Å². The summed E-state index contributed by atoms with van der Waals surface area (Å²) >= 11 is 0. The van der Waals surface area contributed by atoms with Gasteiger partial charge in [-0.25, -0.2) is 14.6 Å². The standard InChI is InChI=1S/C28H30N6O2/c35-27(33-16-14-32(15-17-33)21-5-1-2-6-21)22-18-30-34(26(22)20-8-9-20)28-29-13-12-23(31-28)25-11-10-19-4-3-7-24(19)36-25/h3-4,7,10-13,18,20-21H,1-2,5-6,8-9,14-17H2. The highest BCUT2D eigenvalue weighted by Crippen LogP contribution is 2.42. The maximum absolute atomic E-state index is 13.6. The Morgan fingerprint density at radius 1 is 0.917 bits per heavy atom. The number of carbonyl (C=O) groups is 1. The first kappa shape index (κ1) is 21.7. The lowest BCUT2D eigenvalue weighted by Gasteiger charge is -2.38. The van der Waals surface area contributed by atoms with Gasteiger partial charge in [-0.1, -0.05) is 25.0 Å². The first-order valence-corrected chi connectivity index (χ1v) is 13.2. The Hall–Kier alpha value is -3.52. The van der Waals surface area contributed by atoms with Crippen LogP contribution in [0.25, 0.3) is 28.7 Å². The van der Waals surface area contributed by atoms with Gasteiger partial charge < -0.3 is 9.32 Å². The molecule has 2 saturated carbocycles. The van der Waals surface area contributed by atoms with Crippen molar-refractivity contribution >= 4 is 5.91 Å². The molecule has 2 aromatic heterocycles. The molecule has 5 aliphatic rings. The fourth-order valence-electron chi connectivity index (χ4n) is 5.85. The summed E-state index contributed by atoms with van der Waals surface area (Å²) in [5, 5.41) is 4.62. The van der Waals surface area contributed by atoms with Crippen molar-refractivity contribution in [2.24, 2.45) is 0 Å². The van der Waals surface area contributed by atoms with Gasteiger partial charge in [-0.3, -0.25) is 9.69 Å². The fourth-order valence-corrected chi connectivity index (χ4v) is 5.85. The number of carbonyl (C=O) groups excluding carboxylic acids is 1. The van der Waals surface area contributed by atoms with Crippen LogP contribution in [0.2, 0.25) is 0 Å². The van der Waals surface area contributed by atoms with E-state index >= 15 is 0 Å². The van der Waals surface area contributed by atoms with E-state index in [2.05, 4.69) is 15.0 Å². The molecule has 8 nitrogen and oxygen atoms in total. The highest BCUT2D eigenvalue weighted by atomic mass is 16.3. The predicted molar refractivity (Wildman–Crippen MR) is 135 cm³/mol. The smallest absolute Gasteiger partial charge is 0.257 e. The maximum Gasteiger partial charge on any atom is 0.257 e. The average molecular weight is 483 g/mol. The van der Waals surface area contributed by atoms with Crippen molar-refractivity contribution in [1.82, 2.24) is 29.5 Å². The van der Waals surface area contributed by atoms with Crippen molar-refractivity contribution in [3.05, 3.63) is 60.0 Å². The Morgan fingerprint density at radius 3 is 2.56 bits per heavy atom. The van der Waals surface area contributed by atoms with E-state index in [-0.39, 0.29) is 5.91 Å². The van der Waals surface area contributed by atoms with E-state index in [0.29, 0.717) is 34.9 Å². The van der Waals surface area contributed by atoms with E-state index in [1.165, 1.54) is 25.7 Å². The van der Waals surface area contributed by atoms with Crippen LogP contribution in [0.15, 0.2) is 53.2 Å². The molecule has 3 fully saturated rings. The zero-order chi connectivity index (χ0) is 24.1. The molecule has 0 atom stereocenters. The average Bonchev–Trinajstić information content (AvgIpc) is 3.32. The third-order valence-electron chi connectivity index (χ3n) is 7.97. The number of hydrogen-bond donors (Lipinski definition) is 0. The minimum atomic E-state index is 0.0852. The van der Waals surface area contributed by atoms with Gasteiger partial charge >= 0.3 is 0 Å². The topological polar surface area (TPSA) is 80.3 Å². The maximum atomic E-state index is 13.6. The second-order valence-electron chi connectivity index (χ2n) is 10.3. The molecule has 3 aliphatic carbocycles. The summed E-state index contributed by atoms with van der Waals surface area (Å²) in [4.78, 5) is 27.5. The van der Waals surface area contributed by atoms with Crippen LogP contribution >= 0.6 is 0 Å². The van der Waals surface area contributed by atoms with Gasteiger partial charge in [0.15, 0.2) is 5.76 Å². The second kappa shape index (κ2) is 8.85. The number of nitrogens with zero attached hydrogens (tertiary/aromatic N) is 6. The largest absolute Gasteiger partial charge is 0.454 e. The molecule has 0 aromatic carbocycles. The van der Waals surface area contributed by atoms with Crippen molar-refractivity contribution in [3.8, 4) is 28.7 Å². The van der Waals surface area contributed by atoms with Crippen LogP contribution in [0.1, 0.15) is 60.5 Å². The number of rotatable bonds is 5. The SMILES string of the molecule is O=C(c1cnn(-c2nccc(-c3ccc4cccc-4o3)n2)c1C1CC1)N1CCN(C2CCCC2)CC1. The molecule has 8 heteroatoms. The molecule has 1 saturated heterocycles. The lowest BCUT2D eigenvalue weighted by molar-refractivity contribution is 0.0572. The highest BCUT2D eigenvalue weighted by molar-refractivity contribution is 5.95. The van der Waals surface area contributed by atoms with Gasteiger partial charge in [-0.2, -0.15) is 5.10 Å². The van der Waals surface area contributed by atoms with E-state index in [0.717, 1.165) is 56.0 Å². The molecular formula is C28H30N6O2. The molecule has 0 N–H and O–H groups in total. The Balaban J connectivity index is 1.16. The molecule has 0 bridgehead atoms. The molecule has 0 radical (unpaired) electrons. The number of amides is 1. The molecule has 0 spiro atoms. The van der Waals surface area contributed by atoms with Gasteiger partial charge in [0.25, 0.3) is 11.9 Å². The fraction of sp³-hybridized carbons (Fsp3) is 0.429. The van der Waals surface area contributed by atoms with Crippen molar-refractivity contribution in [2.75, 3.05) is 26.2 Å². The first-order valence-electron chi connectivity index (χ1n) is 13.2. The van der Waals surface area contributed by atoms with E-state index in [9.17, 15) is 4.79 Å². The molecule has 2 aliphatic heterocycles. The van der Waals surface area contributed by atoms with Crippen molar-refractivity contribution in [1.29, 1.82) is 0 Å². The summed E-state index contributed by atoms with van der Waals surface area (Å²) in [6.45, 7) is 3.49. The summed E-state index contributed by atoms with van der Waals surface area (Å²) < 4.78 is 7.82. The van der Waals surface area contributed by atoms with Gasteiger partial charge in [0.1, 0.15) is 11.5 Å². The number of hydrogen-bond acceptors (Lipinski definition) is 6. The van der Waals surface area contributed by atoms with Crippen LogP contribution in [0.5, 0.6) is 0 Å². The zero-order valence-corrected chi connectivity index (χ0v) is 20.3. The number of piperazine rings is 1. The zero-order valence-electron chi connectivity index (χ0n) is 20.3. The highest BCUT2D eigenvalue weighted by Gasteiger charge is 2.36. The molecular weight excluding hydrogens is 452 g/mol. The van der Waals surface area contributed by atoms with Crippen LogP contribution in [0.3, 0.4) is 0 Å². The van der Waals surface area contributed by atoms with Gasteiger partial charge in [-0.05, 0) is 49.9 Å². The lowest BCUT2D eigenvalue weighted by atomic mass is 10.1. The van der Waals surface area contributed by atoms with Gasteiger partial charge in [0, 0.05) is 49.9 Å². The summed E-state index contributed by atoms with van der Waals surface area (Å²) in [7, 11) is 0. The molecule has 1 amide bonds. The van der Waals surface area contributed by atoms with Crippen LogP contribution in [0, 0.1) is 0 Å². The lowest BCUT2D eigenvalue weighted by Crippen LogP contribution is -2.51. The Labute approximate surface area is 210 Å². The van der Waals surface area contributed by atoms with Gasteiger partial charge in [0.05, 0.1) is 17.5 Å². The van der Waals surface area contributed by atoms with E-state index in [1.807, 2.05) is 41.3 Å². The monoisotopic (exact) mass is 482 g/mol. The Bertz CT molecular complexity index is 1360. The third-order valence-corrected chi connectivity index (χ3v) is 7.97. The summed E-state index contributed by atoms with van der Waals surface area (Å²) in [6.07, 6.45) is 10.9. The number of aromatic nitrogens is 4. The van der Waals surface area contributed by atoms with Gasteiger partial charge in [-0.15, -0.1) is 0 Å². The Kier molecular flexibility index (Phi) is 5.34. The second-order valence-corrected chi connectivity index (χ2v) is 10.3. The van der Waals surface area contributed by atoms with E-state index in [4.69, 9.17) is 9.40 Å². The minimum absolute atomic E-state index is 0.0852. The molecule has 184 valence electrons. The molecule has 36 heavy (non-hydrogen) atoms. The van der Waals surface area contributed by atoms with Crippen LogP contribution < -0.4 is 0 Å². The first-order chi connectivity index (χ1) is 17.7. The normalized spacial score (nSPS) is 19.4. The van der Waals surface area contributed by atoms with Crippen LogP contribution in [-0.4, -0.2) is 67.7 Å². The van der Waals surface area contributed by atoms with Crippen molar-refractivity contribution < 1.29 is 9.21 Å². The quantitative estimate of drug-likeness (QED) is 0.413. The van der Waals surface area contributed by atoms with E-state index < -0.39 is 0 Å². The van der Waals surface area contributed by atoms with Crippen molar-refractivity contribution in [2.45, 2.75) is 50.5 Å². The number of fused-ring (bicyclic) bond motifs is 1. The van der Waals surface area contributed by atoms with Crippen LogP contribution in [-0.2, 0) is 0 Å². The van der Waals surface area contributed by atoms with E-state index in [1.54, 1.807) is 17.1 Å². The predicted octanol–water partition coefficient (Wildman–Crippen LogP) is 4.60.